The van der Waals surface area contributed by atoms with Gasteiger partial charge >= 0.3 is 0 Å². The number of nitrogens with one attached hydrogen (secondary N) is 1. The molecule has 0 aromatic heterocycles. The Kier molecular flexibility index (Phi) is 6.00. The number of halogens is 1. The van der Waals surface area contributed by atoms with Gasteiger partial charge in [-0.2, -0.15) is 0 Å². The van der Waals surface area contributed by atoms with Crippen LogP contribution in [0.1, 0.15) is 23.2 Å². The molecular formula is C12H16BrNO3. The van der Waals surface area contributed by atoms with Crippen LogP contribution in [0, 0.1) is 0 Å². The smallest absolute Gasteiger partial charge is 0.251 e. The lowest BCUT2D eigenvalue weighted by Gasteiger charge is -2.06. The second kappa shape index (κ2) is 7.29. The van der Waals surface area contributed by atoms with E-state index in [1.807, 2.05) is 0 Å². The first-order valence-electron chi connectivity index (χ1n) is 5.41. The normalized spacial score (nSPS) is 10.2. The summed E-state index contributed by atoms with van der Waals surface area (Å²) >= 11 is 3.16. The Morgan fingerprint density at radius 1 is 1.47 bits per heavy atom. The second-order valence-corrected chi connectivity index (χ2v) is 4.48. The molecule has 0 spiro atoms. The number of ether oxygens (including phenoxy) is 1. The van der Waals surface area contributed by atoms with Crippen LogP contribution in [0.25, 0.3) is 0 Å². The summed E-state index contributed by atoms with van der Waals surface area (Å²) < 4.78 is 5.49. The molecule has 0 bridgehead atoms. The minimum atomic E-state index is -0.176. The van der Waals surface area contributed by atoms with E-state index in [1.165, 1.54) is 6.07 Å². The molecule has 0 saturated heterocycles. The molecule has 17 heavy (non-hydrogen) atoms. The topological polar surface area (TPSA) is 58.6 Å². The van der Waals surface area contributed by atoms with Crippen molar-refractivity contribution in [3.8, 4) is 5.75 Å². The van der Waals surface area contributed by atoms with Crippen LogP contribution < -0.4 is 5.32 Å². The Hall–Kier alpha value is -1.07. The van der Waals surface area contributed by atoms with E-state index in [4.69, 9.17) is 4.74 Å². The van der Waals surface area contributed by atoms with Gasteiger partial charge in [-0.25, -0.2) is 0 Å². The van der Waals surface area contributed by atoms with Crippen LogP contribution >= 0.6 is 15.9 Å². The van der Waals surface area contributed by atoms with Crippen molar-refractivity contribution in [2.45, 2.75) is 12.8 Å². The molecule has 1 rings (SSSR count). The van der Waals surface area contributed by atoms with Crippen molar-refractivity contribution in [2.24, 2.45) is 0 Å². The van der Waals surface area contributed by atoms with Gasteiger partial charge in [0.25, 0.3) is 5.91 Å². The Morgan fingerprint density at radius 2 is 2.24 bits per heavy atom. The van der Waals surface area contributed by atoms with Gasteiger partial charge in [-0.1, -0.05) is 0 Å². The van der Waals surface area contributed by atoms with Crippen molar-refractivity contribution in [1.29, 1.82) is 0 Å². The number of amides is 1. The number of hydrogen-bond acceptors (Lipinski definition) is 3. The van der Waals surface area contributed by atoms with Crippen LogP contribution in [0.15, 0.2) is 22.7 Å². The standard InChI is InChI=1S/C12H16BrNO3/c1-17-7-3-2-6-14-12(16)9-4-5-10(13)11(15)8-9/h4-5,8,15H,2-3,6-7H2,1H3,(H,14,16). The zero-order valence-corrected chi connectivity index (χ0v) is 11.3. The molecule has 0 saturated carbocycles. The van der Waals surface area contributed by atoms with Gasteiger partial charge in [0.15, 0.2) is 0 Å². The summed E-state index contributed by atoms with van der Waals surface area (Å²) in [4.78, 5) is 11.7. The lowest BCUT2D eigenvalue weighted by atomic mass is 10.2. The third kappa shape index (κ3) is 4.75. The number of carbonyl (C=O) groups is 1. The summed E-state index contributed by atoms with van der Waals surface area (Å²) in [6.45, 7) is 1.31. The van der Waals surface area contributed by atoms with E-state index in [-0.39, 0.29) is 11.7 Å². The highest BCUT2D eigenvalue weighted by atomic mass is 79.9. The van der Waals surface area contributed by atoms with Crippen molar-refractivity contribution in [1.82, 2.24) is 5.32 Å². The predicted octanol–water partition coefficient (Wildman–Crippen LogP) is 2.31. The molecule has 4 nitrogen and oxygen atoms in total. The molecule has 1 amide bonds. The van der Waals surface area contributed by atoms with E-state index in [1.54, 1.807) is 19.2 Å². The maximum Gasteiger partial charge on any atom is 0.251 e. The summed E-state index contributed by atoms with van der Waals surface area (Å²) in [5.74, 6) is -0.109. The van der Waals surface area contributed by atoms with Crippen molar-refractivity contribution < 1.29 is 14.6 Å². The average molecular weight is 302 g/mol. The molecule has 0 radical (unpaired) electrons. The van der Waals surface area contributed by atoms with Crippen LogP contribution in [-0.4, -0.2) is 31.3 Å². The van der Waals surface area contributed by atoms with Crippen LogP contribution in [-0.2, 0) is 4.74 Å². The van der Waals surface area contributed by atoms with Gasteiger partial charge in [-0.15, -0.1) is 0 Å². The van der Waals surface area contributed by atoms with Gasteiger partial charge in [0, 0.05) is 25.8 Å². The Bertz CT molecular complexity index is 382. The summed E-state index contributed by atoms with van der Waals surface area (Å²) in [7, 11) is 1.66. The number of unbranched alkanes of at least 4 members (excludes halogenated alkanes) is 1. The second-order valence-electron chi connectivity index (χ2n) is 3.62. The molecule has 0 aliphatic heterocycles. The lowest BCUT2D eigenvalue weighted by molar-refractivity contribution is 0.0951. The molecule has 0 unspecified atom stereocenters. The van der Waals surface area contributed by atoms with Crippen molar-refractivity contribution >= 4 is 21.8 Å². The fourth-order valence-electron chi connectivity index (χ4n) is 1.33. The zero-order valence-electron chi connectivity index (χ0n) is 9.70. The van der Waals surface area contributed by atoms with Crippen LogP contribution in [0.4, 0.5) is 0 Å². The number of aromatic hydroxyl groups is 1. The van der Waals surface area contributed by atoms with Crippen LogP contribution in [0.2, 0.25) is 0 Å². The molecule has 0 atom stereocenters. The van der Waals surface area contributed by atoms with Crippen molar-refractivity contribution in [2.75, 3.05) is 20.3 Å². The van der Waals surface area contributed by atoms with E-state index in [2.05, 4.69) is 21.2 Å². The fourth-order valence-corrected chi connectivity index (χ4v) is 1.58. The molecule has 94 valence electrons. The monoisotopic (exact) mass is 301 g/mol. The highest BCUT2D eigenvalue weighted by Crippen LogP contribution is 2.24. The summed E-state index contributed by atoms with van der Waals surface area (Å²) in [5.41, 5.74) is 0.456. The van der Waals surface area contributed by atoms with E-state index in [0.717, 1.165) is 12.8 Å². The molecular weight excluding hydrogens is 286 g/mol. The van der Waals surface area contributed by atoms with Crippen molar-refractivity contribution in [3.05, 3.63) is 28.2 Å². The molecule has 5 heteroatoms. The highest BCUT2D eigenvalue weighted by Gasteiger charge is 2.07. The summed E-state index contributed by atoms with van der Waals surface area (Å²) in [6.07, 6.45) is 1.80. The third-order valence-corrected chi connectivity index (χ3v) is 2.94. The minimum absolute atomic E-state index is 0.0667. The zero-order chi connectivity index (χ0) is 12.7. The van der Waals surface area contributed by atoms with Gasteiger partial charge in [0.05, 0.1) is 4.47 Å². The quantitative estimate of drug-likeness (QED) is 0.793. The van der Waals surface area contributed by atoms with E-state index in [9.17, 15) is 9.90 Å². The number of carbonyl (C=O) groups excluding carboxylic acids is 1. The first-order valence-corrected chi connectivity index (χ1v) is 6.20. The number of rotatable bonds is 6. The molecule has 0 aliphatic rings. The Balaban J connectivity index is 2.39. The van der Waals surface area contributed by atoms with E-state index in [0.29, 0.717) is 23.2 Å². The van der Waals surface area contributed by atoms with Gasteiger partial charge in [0.2, 0.25) is 0 Å². The first kappa shape index (κ1) is 14.0. The molecule has 1 aromatic carbocycles. The first-order chi connectivity index (χ1) is 8.15. The molecule has 0 heterocycles. The maximum absolute atomic E-state index is 11.7. The van der Waals surface area contributed by atoms with Crippen LogP contribution in [0.5, 0.6) is 5.75 Å². The molecule has 1 aromatic rings. The number of phenolic OH excluding ortho intramolecular Hbond substituents is 1. The minimum Gasteiger partial charge on any atom is -0.507 e. The van der Waals surface area contributed by atoms with E-state index >= 15 is 0 Å². The number of phenols is 1. The number of benzene rings is 1. The number of methoxy groups -OCH3 is 1. The average Bonchev–Trinajstić information content (AvgIpc) is 2.32. The van der Waals surface area contributed by atoms with Crippen LogP contribution in [0.3, 0.4) is 0 Å². The summed E-state index contributed by atoms with van der Waals surface area (Å²) in [5, 5.41) is 12.2. The third-order valence-electron chi connectivity index (χ3n) is 2.27. The largest absolute Gasteiger partial charge is 0.507 e. The molecule has 0 aliphatic carbocycles. The molecule has 2 N–H and O–H groups in total. The maximum atomic E-state index is 11.7. The SMILES string of the molecule is COCCCCNC(=O)c1ccc(Br)c(O)c1. The van der Waals surface area contributed by atoms with Crippen molar-refractivity contribution in [3.63, 3.8) is 0 Å². The van der Waals surface area contributed by atoms with E-state index < -0.39 is 0 Å². The Labute approximate surface area is 109 Å². The van der Waals surface area contributed by atoms with Gasteiger partial charge in [-0.3, -0.25) is 4.79 Å². The van der Waals surface area contributed by atoms with Gasteiger partial charge < -0.3 is 15.2 Å². The fraction of sp³-hybridized carbons (Fsp3) is 0.417. The lowest BCUT2D eigenvalue weighted by Crippen LogP contribution is -2.24. The predicted molar refractivity (Wildman–Crippen MR) is 69.3 cm³/mol. The highest BCUT2D eigenvalue weighted by molar-refractivity contribution is 9.10. The van der Waals surface area contributed by atoms with Gasteiger partial charge in [0.1, 0.15) is 5.75 Å². The van der Waals surface area contributed by atoms with Gasteiger partial charge in [-0.05, 0) is 47.0 Å². The molecule has 0 fully saturated rings. The summed E-state index contributed by atoms with van der Waals surface area (Å²) in [6, 6.07) is 4.75. The number of hydrogen-bond donors (Lipinski definition) is 2. The Morgan fingerprint density at radius 3 is 2.88 bits per heavy atom.